The van der Waals surface area contributed by atoms with Gasteiger partial charge >= 0.3 is 0 Å². The van der Waals surface area contributed by atoms with E-state index in [2.05, 4.69) is 35.6 Å². The summed E-state index contributed by atoms with van der Waals surface area (Å²) in [5, 5.41) is 1.15. The lowest BCUT2D eigenvalue weighted by atomic mass is 10.1. The predicted molar refractivity (Wildman–Crippen MR) is 60.0 cm³/mol. The average Bonchev–Trinajstić information content (AvgIpc) is 2.61. The Kier molecular flexibility index (Phi) is 2.35. The second-order valence-corrected chi connectivity index (χ2v) is 3.48. The third-order valence-corrected chi connectivity index (χ3v) is 2.32. The van der Waals surface area contributed by atoms with Crippen molar-refractivity contribution in [2.75, 3.05) is 0 Å². The highest BCUT2D eigenvalue weighted by Crippen LogP contribution is 2.20. The summed E-state index contributed by atoms with van der Waals surface area (Å²) >= 11 is 0. The molecule has 0 saturated heterocycles. The van der Waals surface area contributed by atoms with Gasteiger partial charge in [0.1, 0.15) is 5.65 Å². The minimum Gasteiger partial charge on any atom is -0.340 e. The number of rotatable bonds is 3. The van der Waals surface area contributed by atoms with Crippen LogP contribution in [-0.2, 0) is 0 Å². The van der Waals surface area contributed by atoms with Crippen LogP contribution in [0.25, 0.3) is 16.6 Å². The summed E-state index contributed by atoms with van der Waals surface area (Å²) in [6.45, 7) is 6.21. The Balaban J connectivity index is 2.40. The summed E-state index contributed by atoms with van der Waals surface area (Å²) in [6.07, 6.45) is 3.96. The van der Waals surface area contributed by atoms with Crippen molar-refractivity contribution < 1.29 is 0 Å². The molecule has 2 rings (SSSR count). The fraction of sp³-hybridized carbons (Fsp3) is 0.250. The van der Waals surface area contributed by atoms with Crippen molar-refractivity contribution in [2.45, 2.75) is 19.8 Å². The van der Waals surface area contributed by atoms with E-state index in [4.69, 9.17) is 0 Å². The standard InChI is InChI=1S/C12H14N2/c1-3-5-9(2)11-8-10-6-4-7-13-12(10)14-11/h4,6-8H,2-3,5H2,1H3,(H,13,14). The monoisotopic (exact) mass is 186 g/mol. The molecule has 0 fully saturated rings. The second-order valence-electron chi connectivity index (χ2n) is 3.48. The Morgan fingerprint density at radius 1 is 1.57 bits per heavy atom. The van der Waals surface area contributed by atoms with Crippen LogP contribution in [0.5, 0.6) is 0 Å². The van der Waals surface area contributed by atoms with Gasteiger partial charge in [0.15, 0.2) is 0 Å². The summed E-state index contributed by atoms with van der Waals surface area (Å²) in [5.41, 5.74) is 3.21. The molecule has 0 aliphatic carbocycles. The number of nitrogens with one attached hydrogen (secondary N) is 1. The van der Waals surface area contributed by atoms with Gasteiger partial charge in [-0.15, -0.1) is 0 Å². The normalized spacial score (nSPS) is 10.6. The Labute approximate surface area is 83.7 Å². The van der Waals surface area contributed by atoms with Crippen molar-refractivity contribution in [1.82, 2.24) is 9.97 Å². The van der Waals surface area contributed by atoms with Gasteiger partial charge in [-0.2, -0.15) is 0 Å². The molecule has 0 radical (unpaired) electrons. The summed E-state index contributed by atoms with van der Waals surface area (Å²) in [5.74, 6) is 0. The van der Waals surface area contributed by atoms with Crippen molar-refractivity contribution in [1.29, 1.82) is 0 Å². The van der Waals surface area contributed by atoms with Crippen molar-refractivity contribution in [3.05, 3.63) is 36.7 Å². The van der Waals surface area contributed by atoms with Crippen molar-refractivity contribution >= 4 is 16.6 Å². The number of fused-ring (bicyclic) bond motifs is 1. The molecule has 0 unspecified atom stereocenters. The SMILES string of the molecule is C=C(CCC)c1cc2cccnc2[nH]1. The van der Waals surface area contributed by atoms with Crippen LogP contribution in [0.3, 0.4) is 0 Å². The number of allylic oxidation sites excluding steroid dienone is 1. The van der Waals surface area contributed by atoms with Gasteiger partial charge < -0.3 is 4.98 Å². The molecule has 0 spiro atoms. The van der Waals surface area contributed by atoms with Gasteiger partial charge in [0.05, 0.1) is 0 Å². The molecule has 1 N–H and O–H groups in total. The van der Waals surface area contributed by atoms with Crippen LogP contribution in [-0.4, -0.2) is 9.97 Å². The number of aromatic nitrogens is 2. The van der Waals surface area contributed by atoms with Crippen molar-refractivity contribution in [3.63, 3.8) is 0 Å². The van der Waals surface area contributed by atoms with E-state index in [0.717, 1.165) is 35.1 Å². The molecule has 0 bridgehead atoms. The van der Waals surface area contributed by atoms with Gasteiger partial charge in [-0.3, -0.25) is 0 Å². The van der Waals surface area contributed by atoms with Crippen molar-refractivity contribution in [3.8, 4) is 0 Å². The van der Waals surface area contributed by atoms with Crippen LogP contribution in [0.2, 0.25) is 0 Å². The Bertz CT molecular complexity index is 421. The van der Waals surface area contributed by atoms with Crippen LogP contribution in [0.4, 0.5) is 0 Å². The highest BCUT2D eigenvalue weighted by atomic mass is 14.8. The quantitative estimate of drug-likeness (QED) is 0.782. The minimum absolute atomic E-state index is 0.944. The van der Waals surface area contributed by atoms with Gasteiger partial charge in [-0.05, 0) is 30.2 Å². The van der Waals surface area contributed by atoms with E-state index in [1.54, 1.807) is 6.20 Å². The first-order valence-electron chi connectivity index (χ1n) is 4.93. The smallest absolute Gasteiger partial charge is 0.137 e. The number of aromatic amines is 1. The van der Waals surface area contributed by atoms with Crippen LogP contribution in [0, 0.1) is 0 Å². The van der Waals surface area contributed by atoms with Crippen LogP contribution in [0.1, 0.15) is 25.5 Å². The summed E-state index contributed by atoms with van der Waals surface area (Å²) < 4.78 is 0. The second kappa shape index (κ2) is 3.66. The van der Waals surface area contributed by atoms with Crippen molar-refractivity contribution in [2.24, 2.45) is 0 Å². The molecule has 0 amide bonds. The zero-order chi connectivity index (χ0) is 9.97. The number of pyridine rings is 1. The fourth-order valence-corrected chi connectivity index (χ4v) is 1.58. The van der Waals surface area contributed by atoms with E-state index in [1.165, 1.54) is 0 Å². The Morgan fingerprint density at radius 3 is 3.14 bits per heavy atom. The van der Waals surface area contributed by atoms with Crippen LogP contribution >= 0.6 is 0 Å². The van der Waals surface area contributed by atoms with Gasteiger partial charge in [0.25, 0.3) is 0 Å². The van der Waals surface area contributed by atoms with E-state index >= 15 is 0 Å². The molecular weight excluding hydrogens is 172 g/mol. The molecule has 2 heterocycles. The van der Waals surface area contributed by atoms with Crippen LogP contribution < -0.4 is 0 Å². The molecule has 2 aromatic rings. The van der Waals surface area contributed by atoms with E-state index in [1.807, 2.05) is 6.07 Å². The zero-order valence-electron chi connectivity index (χ0n) is 8.38. The first kappa shape index (κ1) is 9.00. The highest BCUT2D eigenvalue weighted by Gasteiger charge is 2.03. The molecule has 72 valence electrons. The lowest BCUT2D eigenvalue weighted by Crippen LogP contribution is -1.81. The maximum Gasteiger partial charge on any atom is 0.137 e. The minimum atomic E-state index is 0.944. The fourth-order valence-electron chi connectivity index (χ4n) is 1.58. The lowest BCUT2D eigenvalue weighted by molar-refractivity contribution is 0.970. The largest absolute Gasteiger partial charge is 0.340 e. The number of H-pyrrole nitrogens is 1. The summed E-state index contributed by atoms with van der Waals surface area (Å²) in [4.78, 5) is 7.52. The van der Waals surface area contributed by atoms with Gasteiger partial charge in [0.2, 0.25) is 0 Å². The first-order valence-corrected chi connectivity index (χ1v) is 4.93. The molecule has 0 aromatic carbocycles. The number of hydrogen-bond acceptors (Lipinski definition) is 1. The van der Waals surface area contributed by atoms with E-state index in [-0.39, 0.29) is 0 Å². The molecule has 2 aromatic heterocycles. The highest BCUT2D eigenvalue weighted by molar-refractivity contribution is 5.81. The third kappa shape index (κ3) is 1.55. The summed E-state index contributed by atoms with van der Waals surface area (Å²) in [7, 11) is 0. The van der Waals surface area contributed by atoms with Gasteiger partial charge in [-0.1, -0.05) is 19.9 Å². The zero-order valence-corrected chi connectivity index (χ0v) is 8.38. The molecule has 0 aliphatic rings. The molecular formula is C12H14N2. The Hall–Kier alpha value is -1.57. The van der Waals surface area contributed by atoms with E-state index in [0.29, 0.717) is 0 Å². The maximum absolute atomic E-state index is 4.25. The number of nitrogens with zero attached hydrogens (tertiary/aromatic N) is 1. The van der Waals surface area contributed by atoms with E-state index < -0.39 is 0 Å². The average molecular weight is 186 g/mol. The molecule has 0 saturated carbocycles. The first-order chi connectivity index (χ1) is 6.81. The van der Waals surface area contributed by atoms with Crippen LogP contribution in [0.15, 0.2) is 31.0 Å². The molecule has 2 heteroatoms. The summed E-state index contributed by atoms with van der Waals surface area (Å²) in [6, 6.07) is 6.12. The molecule has 0 aliphatic heterocycles. The molecule has 14 heavy (non-hydrogen) atoms. The lowest BCUT2D eigenvalue weighted by Gasteiger charge is -1.98. The molecule has 0 atom stereocenters. The molecule has 2 nitrogen and oxygen atoms in total. The van der Waals surface area contributed by atoms with Gasteiger partial charge in [0, 0.05) is 17.3 Å². The predicted octanol–water partition coefficient (Wildman–Crippen LogP) is 3.38. The topological polar surface area (TPSA) is 28.7 Å². The Morgan fingerprint density at radius 2 is 2.43 bits per heavy atom. The third-order valence-electron chi connectivity index (χ3n) is 2.32. The van der Waals surface area contributed by atoms with Gasteiger partial charge in [-0.25, -0.2) is 4.98 Å². The maximum atomic E-state index is 4.25. The van der Waals surface area contributed by atoms with E-state index in [9.17, 15) is 0 Å². The number of hydrogen-bond donors (Lipinski definition) is 1.